The quantitative estimate of drug-likeness (QED) is 0.698. The van der Waals surface area contributed by atoms with Gasteiger partial charge in [0.05, 0.1) is 17.0 Å². The van der Waals surface area contributed by atoms with Gasteiger partial charge in [-0.15, -0.1) is 6.42 Å². The van der Waals surface area contributed by atoms with Crippen molar-refractivity contribution in [1.29, 1.82) is 0 Å². The third kappa shape index (κ3) is 2.66. The lowest BCUT2D eigenvalue weighted by Gasteiger charge is -2.08. The molecule has 2 rings (SSSR count). The number of alkyl halides is 1. The van der Waals surface area contributed by atoms with Gasteiger partial charge in [-0.3, -0.25) is 4.79 Å². The number of halogens is 1. The largest absolute Gasteiger partial charge is 0.480 e. The van der Waals surface area contributed by atoms with Crippen molar-refractivity contribution in [1.82, 2.24) is 0 Å². The Morgan fingerprint density at radius 1 is 1.56 bits per heavy atom. The lowest BCUT2D eigenvalue weighted by Crippen LogP contribution is -2.12. The van der Waals surface area contributed by atoms with Crippen LogP contribution in [0.2, 0.25) is 0 Å². The monoisotopic (exact) mass is 307 g/mol. The predicted octanol–water partition coefficient (Wildman–Crippen LogP) is 2.78. The molecule has 1 heterocycles. The number of fused-ring (bicyclic) bond motifs is 1. The lowest BCUT2D eigenvalue weighted by molar-refractivity contribution is -0.113. The zero-order valence-electron chi connectivity index (χ0n) is 9.40. The van der Waals surface area contributed by atoms with Crippen LogP contribution in [-0.2, 0) is 4.79 Å². The fourth-order valence-electron chi connectivity index (χ4n) is 1.54. The highest BCUT2D eigenvalue weighted by molar-refractivity contribution is 9.09. The summed E-state index contributed by atoms with van der Waals surface area (Å²) in [6.07, 6.45) is 6.72. The molecule has 0 atom stereocenters. The van der Waals surface area contributed by atoms with Crippen LogP contribution >= 0.6 is 15.9 Å². The number of ether oxygens (including phenoxy) is 1. The molecule has 1 aromatic heterocycles. The van der Waals surface area contributed by atoms with Gasteiger partial charge in [-0.05, 0) is 6.07 Å². The van der Waals surface area contributed by atoms with Gasteiger partial charge >= 0.3 is 0 Å². The van der Waals surface area contributed by atoms with Crippen molar-refractivity contribution in [2.75, 3.05) is 17.3 Å². The van der Waals surface area contributed by atoms with E-state index in [0.717, 1.165) is 5.39 Å². The molecule has 0 fully saturated rings. The van der Waals surface area contributed by atoms with Crippen LogP contribution in [-0.4, -0.2) is 17.8 Å². The van der Waals surface area contributed by atoms with Gasteiger partial charge in [0, 0.05) is 17.8 Å². The fraction of sp³-hybridized carbons (Fsp3) is 0.154. The van der Waals surface area contributed by atoms with Crippen LogP contribution in [0.3, 0.4) is 0 Å². The molecule has 1 amide bonds. The zero-order chi connectivity index (χ0) is 13.0. The molecule has 0 radical (unpaired) electrons. The summed E-state index contributed by atoms with van der Waals surface area (Å²) in [5.41, 5.74) is 1.24. The minimum absolute atomic E-state index is 0.149. The molecule has 4 nitrogen and oxygen atoms in total. The summed E-state index contributed by atoms with van der Waals surface area (Å²) in [6.45, 7) is 0.163. The normalized spacial score (nSPS) is 10.0. The van der Waals surface area contributed by atoms with E-state index in [1.165, 1.54) is 0 Å². The molecule has 0 aliphatic carbocycles. The van der Waals surface area contributed by atoms with Crippen LogP contribution in [0, 0.1) is 12.3 Å². The number of hydrogen-bond donors (Lipinski definition) is 1. The zero-order valence-corrected chi connectivity index (χ0v) is 11.0. The molecule has 0 unspecified atom stereocenters. The number of rotatable bonds is 4. The number of amides is 1. The van der Waals surface area contributed by atoms with E-state index in [4.69, 9.17) is 15.6 Å². The van der Waals surface area contributed by atoms with E-state index in [0.29, 0.717) is 17.0 Å². The Balaban J connectivity index is 2.37. The minimum Gasteiger partial charge on any atom is -0.480 e. The van der Waals surface area contributed by atoms with Gasteiger partial charge < -0.3 is 14.5 Å². The molecule has 0 saturated carbocycles. The summed E-state index contributed by atoms with van der Waals surface area (Å²) < 4.78 is 10.7. The van der Waals surface area contributed by atoms with Crippen molar-refractivity contribution in [3.05, 3.63) is 24.5 Å². The Labute approximate surface area is 112 Å². The summed E-state index contributed by atoms with van der Waals surface area (Å²) in [5, 5.41) is 3.76. The minimum atomic E-state index is -0.149. The number of carbonyl (C=O) groups is 1. The maximum absolute atomic E-state index is 11.3. The summed E-state index contributed by atoms with van der Waals surface area (Å²) in [4.78, 5) is 11.3. The second-order valence-corrected chi connectivity index (χ2v) is 4.04. The van der Waals surface area contributed by atoms with Gasteiger partial charge in [0.1, 0.15) is 17.9 Å². The number of furan rings is 1. The van der Waals surface area contributed by atoms with Crippen LogP contribution < -0.4 is 10.1 Å². The average Bonchev–Trinajstić information content (AvgIpc) is 2.84. The van der Waals surface area contributed by atoms with Crippen molar-refractivity contribution in [3.8, 4) is 18.1 Å². The van der Waals surface area contributed by atoms with Crippen molar-refractivity contribution < 1.29 is 13.9 Å². The molecule has 0 saturated heterocycles. The Morgan fingerprint density at radius 3 is 3.11 bits per heavy atom. The first-order valence-electron chi connectivity index (χ1n) is 5.18. The van der Waals surface area contributed by atoms with E-state index in [9.17, 15) is 4.79 Å². The topological polar surface area (TPSA) is 51.5 Å². The number of benzene rings is 1. The lowest BCUT2D eigenvalue weighted by atomic mass is 10.2. The summed E-state index contributed by atoms with van der Waals surface area (Å²) >= 11 is 3.08. The van der Waals surface area contributed by atoms with E-state index in [2.05, 4.69) is 27.2 Å². The molecule has 0 spiro atoms. The van der Waals surface area contributed by atoms with E-state index in [1.54, 1.807) is 24.5 Å². The first-order chi connectivity index (χ1) is 8.74. The molecule has 92 valence electrons. The number of terminal acetylenes is 1. The van der Waals surface area contributed by atoms with Crippen LogP contribution in [0.25, 0.3) is 11.0 Å². The van der Waals surface area contributed by atoms with E-state index in [-0.39, 0.29) is 17.8 Å². The van der Waals surface area contributed by atoms with Gasteiger partial charge in [-0.2, -0.15) is 0 Å². The molecule has 0 bridgehead atoms. The van der Waals surface area contributed by atoms with Crippen LogP contribution in [0.4, 0.5) is 5.69 Å². The summed E-state index contributed by atoms with van der Waals surface area (Å²) in [7, 11) is 0. The standard InChI is InChI=1S/C13H10BrNO3/c1-2-4-17-11-6-9(15-13(16)8-14)7-12-10(11)3-5-18-12/h1,3,5-7H,4,8H2,(H,15,16). The second-order valence-electron chi connectivity index (χ2n) is 3.48. The number of carbonyl (C=O) groups excluding carboxylic acids is 1. The van der Waals surface area contributed by atoms with Gasteiger partial charge in [0.25, 0.3) is 0 Å². The maximum atomic E-state index is 11.3. The van der Waals surface area contributed by atoms with Gasteiger partial charge in [-0.1, -0.05) is 21.9 Å². The predicted molar refractivity (Wildman–Crippen MR) is 73.0 cm³/mol. The highest BCUT2D eigenvalue weighted by Gasteiger charge is 2.09. The van der Waals surface area contributed by atoms with Crippen molar-refractivity contribution in [2.24, 2.45) is 0 Å². The van der Waals surface area contributed by atoms with Gasteiger partial charge in [0.2, 0.25) is 5.91 Å². The van der Waals surface area contributed by atoms with Gasteiger partial charge in [-0.25, -0.2) is 0 Å². The summed E-state index contributed by atoms with van der Waals surface area (Å²) in [5.74, 6) is 2.83. The Bertz CT molecular complexity index is 612. The SMILES string of the molecule is C#CCOc1cc(NC(=O)CBr)cc2occc12. The second kappa shape index (κ2) is 5.61. The Kier molecular flexibility index (Phi) is 3.90. The molecular weight excluding hydrogens is 298 g/mol. The molecule has 1 N–H and O–H groups in total. The number of nitrogens with one attached hydrogen (secondary N) is 1. The fourth-order valence-corrected chi connectivity index (χ4v) is 1.68. The Morgan fingerprint density at radius 2 is 2.39 bits per heavy atom. The first kappa shape index (κ1) is 12.5. The maximum Gasteiger partial charge on any atom is 0.235 e. The summed E-state index contributed by atoms with van der Waals surface area (Å²) in [6, 6.07) is 5.24. The van der Waals surface area contributed by atoms with E-state index in [1.807, 2.05) is 0 Å². The third-order valence-corrected chi connectivity index (χ3v) is 2.76. The molecule has 5 heteroatoms. The molecular formula is C13H10BrNO3. The average molecular weight is 308 g/mol. The van der Waals surface area contributed by atoms with E-state index >= 15 is 0 Å². The highest BCUT2D eigenvalue weighted by atomic mass is 79.9. The Hall–Kier alpha value is -1.93. The van der Waals surface area contributed by atoms with Crippen molar-refractivity contribution in [2.45, 2.75) is 0 Å². The van der Waals surface area contributed by atoms with Gasteiger partial charge in [0.15, 0.2) is 0 Å². The van der Waals surface area contributed by atoms with Crippen LogP contribution in [0.15, 0.2) is 28.9 Å². The number of anilines is 1. The van der Waals surface area contributed by atoms with Crippen LogP contribution in [0.5, 0.6) is 5.75 Å². The molecule has 0 aliphatic heterocycles. The smallest absolute Gasteiger partial charge is 0.235 e. The third-order valence-electron chi connectivity index (χ3n) is 2.25. The molecule has 2 aromatic rings. The van der Waals surface area contributed by atoms with E-state index < -0.39 is 0 Å². The first-order valence-corrected chi connectivity index (χ1v) is 6.30. The van der Waals surface area contributed by atoms with Crippen molar-refractivity contribution in [3.63, 3.8) is 0 Å². The molecule has 1 aromatic carbocycles. The molecule has 0 aliphatic rings. The highest BCUT2D eigenvalue weighted by Crippen LogP contribution is 2.30. The van der Waals surface area contributed by atoms with Crippen LogP contribution in [0.1, 0.15) is 0 Å². The number of hydrogen-bond acceptors (Lipinski definition) is 3. The molecule has 18 heavy (non-hydrogen) atoms. The van der Waals surface area contributed by atoms with Crippen molar-refractivity contribution >= 4 is 38.5 Å².